The summed E-state index contributed by atoms with van der Waals surface area (Å²) in [5, 5.41) is 2.51. The zero-order chi connectivity index (χ0) is 15.8. The van der Waals surface area contributed by atoms with Crippen LogP contribution in [0.4, 0.5) is 5.82 Å². The second-order valence-electron chi connectivity index (χ2n) is 4.19. The van der Waals surface area contributed by atoms with E-state index in [9.17, 15) is 21.6 Å². The average Bonchev–Trinajstić information content (AvgIpc) is 2.66. The van der Waals surface area contributed by atoms with Crippen molar-refractivity contribution in [2.75, 3.05) is 11.0 Å². The molecule has 0 spiro atoms. The number of rotatable bonds is 4. The average molecular weight is 333 g/mol. The fourth-order valence-electron chi connectivity index (χ4n) is 1.61. The number of benzene rings is 1. The molecule has 1 aromatic carbocycles. The molecule has 0 amide bonds. The molecular weight excluding hydrogens is 322 g/mol. The van der Waals surface area contributed by atoms with Gasteiger partial charge in [-0.05, 0) is 24.3 Å². The van der Waals surface area contributed by atoms with E-state index in [0.29, 0.717) is 0 Å². The smallest absolute Gasteiger partial charge is 0.282 e. The van der Waals surface area contributed by atoms with Gasteiger partial charge in [0, 0.05) is 6.07 Å². The van der Waals surface area contributed by atoms with Crippen molar-refractivity contribution in [3.63, 3.8) is 0 Å². The van der Waals surface area contributed by atoms with E-state index in [0.717, 1.165) is 29.1 Å². The Morgan fingerprint density at radius 1 is 1.14 bits per heavy atom. The van der Waals surface area contributed by atoms with Crippen molar-refractivity contribution in [1.82, 2.24) is 9.78 Å². The SMILES string of the molecule is CS(=O)(=O)Nc1cc(=O)n(-c2ccc(S(=O)(=O)O)cc2)[nH]1. The van der Waals surface area contributed by atoms with E-state index >= 15 is 0 Å². The number of anilines is 1. The van der Waals surface area contributed by atoms with Gasteiger partial charge in [-0.2, -0.15) is 8.42 Å². The Hall–Kier alpha value is -2.11. The van der Waals surface area contributed by atoms with Gasteiger partial charge >= 0.3 is 0 Å². The predicted molar refractivity (Wildman–Crippen MR) is 74.7 cm³/mol. The Balaban J connectivity index is 2.41. The normalized spacial score (nSPS) is 12.3. The number of hydrogen-bond donors (Lipinski definition) is 3. The van der Waals surface area contributed by atoms with Crippen molar-refractivity contribution in [2.45, 2.75) is 4.90 Å². The molecule has 0 aliphatic heterocycles. The van der Waals surface area contributed by atoms with Gasteiger partial charge in [0.1, 0.15) is 5.82 Å². The van der Waals surface area contributed by atoms with Crippen molar-refractivity contribution in [1.29, 1.82) is 0 Å². The molecule has 1 aromatic heterocycles. The van der Waals surface area contributed by atoms with Crippen LogP contribution in [0.15, 0.2) is 40.0 Å². The molecule has 9 nitrogen and oxygen atoms in total. The number of H-pyrrole nitrogens is 1. The Kier molecular flexibility index (Phi) is 3.65. The predicted octanol–water partition coefficient (Wildman–Crippen LogP) is -0.216. The number of aromatic amines is 1. The minimum absolute atomic E-state index is 0.0265. The Morgan fingerprint density at radius 3 is 2.19 bits per heavy atom. The van der Waals surface area contributed by atoms with E-state index in [-0.39, 0.29) is 16.4 Å². The van der Waals surface area contributed by atoms with Crippen LogP contribution in [0.3, 0.4) is 0 Å². The van der Waals surface area contributed by atoms with Crippen molar-refractivity contribution >= 4 is 26.0 Å². The molecule has 2 aromatic rings. The van der Waals surface area contributed by atoms with Crippen LogP contribution in [0.2, 0.25) is 0 Å². The third kappa shape index (κ3) is 3.71. The van der Waals surface area contributed by atoms with Gasteiger partial charge in [0.25, 0.3) is 15.7 Å². The number of sulfonamides is 1. The lowest BCUT2D eigenvalue weighted by Gasteiger charge is -2.04. The van der Waals surface area contributed by atoms with E-state index in [4.69, 9.17) is 4.55 Å². The zero-order valence-electron chi connectivity index (χ0n) is 10.6. The second kappa shape index (κ2) is 5.02. The summed E-state index contributed by atoms with van der Waals surface area (Å²) in [4.78, 5) is 11.4. The highest BCUT2D eigenvalue weighted by Gasteiger charge is 2.11. The summed E-state index contributed by atoms with van der Waals surface area (Å²) in [6.45, 7) is 0. The van der Waals surface area contributed by atoms with Crippen LogP contribution in [0.25, 0.3) is 5.69 Å². The van der Waals surface area contributed by atoms with Crippen molar-refractivity contribution < 1.29 is 21.4 Å². The third-order valence-corrected chi connectivity index (χ3v) is 3.87. The third-order valence-electron chi connectivity index (χ3n) is 2.41. The molecule has 0 saturated heterocycles. The summed E-state index contributed by atoms with van der Waals surface area (Å²) in [7, 11) is -7.85. The molecule has 0 atom stereocenters. The molecule has 0 aliphatic carbocycles. The highest BCUT2D eigenvalue weighted by molar-refractivity contribution is 7.92. The first-order valence-corrected chi connectivity index (χ1v) is 8.77. The Bertz CT molecular complexity index is 922. The minimum Gasteiger partial charge on any atom is -0.282 e. The summed E-state index contributed by atoms with van der Waals surface area (Å²) in [6.07, 6.45) is 0.934. The zero-order valence-corrected chi connectivity index (χ0v) is 12.3. The Labute approximate surface area is 120 Å². The largest absolute Gasteiger partial charge is 0.294 e. The molecule has 0 saturated carbocycles. The van der Waals surface area contributed by atoms with E-state index in [2.05, 4.69) is 9.82 Å². The van der Waals surface area contributed by atoms with Gasteiger partial charge in [0.05, 0.1) is 16.8 Å². The molecule has 1 heterocycles. The van der Waals surface area contributed by atoms with Crippen molar-refractivity contribution in [3.8, 4) is 5.69 Å². The van der Waals surface area contributed by atoms with E-state index in [1.54, 1.807) is 0 Å². The summed E-state index contributed by atoms with van der Waals surface area (Å²) in [5.74, 6) is -0.0265. The van der Waals surface area contributed by atoms with Gasteiger partial charge in [-0.3, -0.25) is 19.2 Å². The molecule has 3 N–H and O–H groups in total. The fraction of sp³-hybridized carbons (Fsp3) is 0.100. The van der Waals surface area contributed by atoms with Crippen LogP contribution in [-0.2, 0) is 20.1 Å². The van der Waals surface area contributed by atoms with Gasteiger partial charge in [0.15, 0.2) is 0 Å². The topological polar surface area (TPSA) is 138 Å². The maximum atomic E-state index is 11.7. The summed E-state index contributed by atoms with van der Waals surface area (Å²) >= 11 is 0. The minimum atomic E-state index is -4.32. The summed E-state index contributed by atoms with van der Waals surface area (Å²) < 4.78 is 56.0. The molecule has 11 heteroatoms. The first-order chi connectivity index (χ1) is 9.56. The standard InChI is InChI=1S/C10H11N3O6S2/c1-20(15,16)12-9-6-10(14)13(11-9)7-2-4-8(5-3-7)21(17,18)19/h2-6,11-12H,1H3,(H,17,18,19). The molecule has 0 unspecified atom stereocenters. The van der Waals surface area contributed by atoms with Crippen LogP contribution < -0.4 is 10.3 Å². The van der Waals surface area contributed by atoms with Crippen molar-refractivity contribution in [3.05, 3.63) is 40.7 Å². The molecular formula is C10H11N3O6S2. The van der Waals surface area contributed by atoms with E-state index in [1.807, 2.05) is 0 Å². The molecule has 0 fully saturated rings. The first kappa shape index (κ1) is 15.3. The van der Waals surface area contributed by atoms with Crippen LogP contribution in [0.1, 0.15) is 0 Å². The van der Waals surface area contributed by atoms with Crippen LogP contribution >= 0.6 is 0 Å². The lowest BCUT2D eigenvalue weighted by atomic mass is 10.3. The van der Waals surface area contributed by atoms with Gasteiger partial charge in [-0.15, -0.1) is 0 Å². The highest BCUT2D eigenvalue weighted by Crippen LogP contribution is 2.13. The van der Waals surface area contributed by atoms with Crippen molar-refractivity contribution in [2.24, 2.45) is 0 Å². The molecule has 2 rings (SSSR count). The van der Waals surface area contributed by atoms with E-state index < -0.39 is 25.7 Å². The molecule has 114 valence electrons. The highest BCUT2D eigenvalue weighted by atomic mass is 32.2. The van der Waals surface area contributed by atoms with Gasteiger partial charge in [0.2, 0.25) is 10.0 Å². The first-order valence-electron chi connectivity index (χ1n) is 5.44. The van der Waals surface area contributed by atoms with Crippen LogP contribution in [-0.4, -0.2) is 37.4 Å². The van der Waals surface area contributed by atoms with Gasteiger partial charge < -0.3 is 0 Å². The lowest BCUT2D eigenvalue weighted by Crippen LogP contribution is -2.13. The molecule has 0 bridgehead atoms. The molecule has 0 radical (unpaired) electrons. The molecule has 0 aliphatic rings. The monoisotopic (exact) mass is 333 g/mol. The fourth-order valence-corrected chi connectivity index (χ4v) is 2.59. The maximum Gasteiger partial charge on any atom is 0.294 e. The summed E-state index contributed by atoms with van der Waals surface area (Å²) in [6, 6.07) is 5.83. The number of aromatic nitrogens is 2. The number of hydrogen-bond acceptors (Lipinski definition) is 5. The summed E-state index contributed by atoms with van der Waals surface area (Å²) in [5.41, 5.74) is -0.269. The van der Waals surface area contributed by atoms with Crippen LogP contribution in [0.5, 0.6) is 0 Å². The Morgan fingerprint density at radius 2 is 1.71 bits per heavy atom. The second-order valence-corrected chi connectivity index (χ2v) is 7.36. The van der Waals surface area contributed by atoms with Gasteiger partial charge in [-0.1, -0.05) is 0 Å². The number of nitrogens with one attached hydrogen (secondary N) is 2. The quantitative estimate of drug-likeness (QED) is 0.661. The van der Waals surface area contributed by atoms with E-state index in [1.165, 1.54) is 12.1 Å². The van der Waals surface area contributed by atoms with Gasteiger partial charge in [-0.25, -0.2) is 13.1 Å². The maximum absolute atomic E-state index is 11.7. The number of nitrogens with zero attached hydrogens (tertiary/aromatic N) is 1. The van der Waals surface area contributed by atoms with Crippen LogP contribution in [0, 0.1) is 0 Å². The molecule has 21 heavy (non-hydrogen) atoms. The lowest BCUT2D eigenvalue weighted by molar-refractivity contribution is 0.483.